The number of nitrogens with two attached hydrogens (primary N) is 1. The van der Waals surface area contributed by atoms with Crippen molar-refractivity contribution in [3.05, 3.63) is 11.1 Å². The molecule has 0 aromatic heterocycles. The quantitative estimate of drug-likeness (QED) is 0.288. The van der Waals surface area contributed by atoms with Gasteiger partial charge < -0.3 is 16.0 Å². The maximum atomic E-state index is 12.8. The van der Waals surface area contributed by atoms with Crippen molar-refractivity contribution in [2.24, 2.45) is 11.7 Å². The molecule has 168 valence electrons. The van der Waals surface area contributed by atoms with Gasteiger partial charge in [-0.3, -0.25) is 19.3 Å². The van der Waals surface area contributed by atoms with Crippen molar-refractivity contribution in [1.82, 2.24) is 15.1 Å². The Balaban J connectivity index is 1.96. The van der Waals surface area contributed by atoms with Crippen LogP contribution in [0.3, 0.4) is 0 Å². The van der Waals surface area contributed by atoms with E-state index in [0.29, 0.717) is 36.2 Å². The smallest absolute Gasteiger partial charge is 0.365 e. The van der Waals surface area contributed by atoms with E-state index in [0.717, 1.165) is 4.90 Å². The van der Waals surface area contributed by atoms with Crippen LogP contribution in [-0.2, 0) is 14.4 Å². The lowest BCUT2D eigenvalue weighted by Gasteiger charge is -2.32. The van der Waals surface area contributed by atoms with Crippen LogP contribution in [-0.4, -0.2) is 65.4 Å². The van der Waals surface area contributed by atoms with Gasteiger partial charge in [-0.25, -0.2) is 4.79 Å². The molecule has 1 saturated carbocycles. The van der Waals surface area contributed by atoms with Crippen molar-refractivity contribution in [1.29, 1.82) is 0 Å². The first-order chi connectivity index (χ1) is 13.8. The van der Waals surface area contributed by atoms with Gasteiger partial charge in [-0.05, 0) is 51.9 Å². The molecule has 1 saturated heterocycles. The topological polar surface area (TPSA) is 113 Å². The van der Waals surface area contributed by atoms with E-state index < -0.39 is 42.5 Å². The second-order valence-corrected chi connectivity index (χ2v) is 8.10. The second kappa shape index (κ2) is 9.05. The number of rotatable bonds is 6. The van der Waals surface area contributed by atoms with Crippen LogP contribution in [0.15, 0.2) is 11.1 Å². The molecule has 1 aliphatic carbocycles. The van der Waals surface area contributed by atoms with Gasteiger partial charge in [0.1, 0.15) is 18.2 Å². The van der Waals surface area contributed by atoms with Crippen LogP contribution in [0.2, 0.25) is 0 Å². The van der Waals surface area contributed by atoms with Crippen molar-refractivity contribution in [2.45, 2.75) is 64.2 Å². The van der Waals surface area contributed by atoms with Gasteiger partial charge in [0.15, 0.2) is 0 Å². The fourth-order valence-corrected chi connectivity index (χ4v) is 4.08. The van der Waals surface area contributed by atoms with E-state index in [1.54, 1.807) is 13.8 Å². The minimum atomic E-state index is -4.59. The Labute approximate surface area is 172 Å². The molecule has 2 rings (SSSR count). The molecule has 1 aliphatic heterocycles. The zero-order valence-corrected chi connectivity index (χ0v) is 17.2. The Hall–Kier alpha value is -2.59. The number of carbonyl (C=O) groups excluding carboxylic acids is 4. The molecule has 0 spiro atoms. The molecule has 1 heterocycles. The highest BCUT2D eigenvalue weighted by Crippen LogP contribution is 2.33. The largest absolute Gasteiger partial charge is 0.406 e. The van der Waals surface area contributed by atoms with E-state index >= 15 is 0 Å². The average molecular weight is 432 g/mol. The molecular formula is C19H27F3N4O4. The number of nitrogens with zero attached hydrogens (tertiary/aromatic N) is 2. The van der Waals surface area contributed by atoms with Crippen molar-refractivity contribution >= 4 is 23.8 Å². The highest BCUT2D eigenvalue weighted by atomic mass is 19.4. The maximum Gasteiger partial charge on any atom is 0.406 e. The Morgan fingerprint density at radius 2 is 1.70 bits per heavy atom. The average Bonchev–Trinajstić information content (AvgIpc) is 2.79. The number of primary amides is 1. The van der Waals surface area contributed by atoms with E-state index in [1.165, 1.54) is 7.05 Å². The standard InChI is InChI=1S/C19H27F3N4O4/c1-10(2)14(15(23)27)16(28)24-12-6-4-11(5-7-12)8-13-17(29)25(3)18(30)26(13)9-19(20,21)22/h11-13H,4-9H2,1-3H3,(H2,23,27)(H,24,28)/t11?,12?,13-/m0/s1. The minimum absolute atomic E-state index is 0.0544. The summed E-state index contributed by atoms with van der Waals surface area (Å²) in [7, 11) is 1.18. The highest BCUT2D eigenvalue weighted by molar-refractivity contribution is 6.18. The molecule has 3 N–H and O–H groups in total. The van der Waals surface area contributed by atoms with Gasteiger partial charge in [-0.15, -0.1) is 0 Å². The van der Waals surface area contributed by atoms with Crippen molar-refractivity contribution < 1.29 is 32.3 Å². The highest BCUT2D eigenvalue weighted by Gasteiger charge is 2.48. The number of hydrogen-bond donors (Lipinski definition) is 2. The normalized spacial score (nSPS) is 24.8. The number of nitrogens with one attached hydrogen (secondary N) is 1. The fourth-order valence-electron chi connectivity index (χ4n) is 4.08. The molecule has 1 atom stereocenters. The number of likely N-dealkylation sites (N-methyl/N-ethyl adjacent to an activating group) is 1. The summed E-state index contributed by atoms with van der Waals surface area (Å²) in [6.45, 7) is 1.76. The Morgan fingerprint density at radius 1 is 1.13 bits per heavy atom. The Kier molecular flexibility index (Phi) is 7.14. The first-order valence-electron chi connectivity index (χ1n) is 9.74. The number of urea groups is 1. The van der Waals surface area contributed by atoms with E-state index in [9.17, 15) is 32.3 Å². The van der Waals surface area contributed by atoms with Crippen LogP contribution >= 0.6 is 0 Å². The van der Waals surface area contributed by atoms with Gasteiger partial charge >= 0.3 is 12.2 Å². The van der Waals surface area contributed by atoms with Crippen LogP contribution in [0.5, 0.6) is 0 Å². The van der Waals surface area contributed by atoms with E-state index in [-0.39, 0.29) is 24.0 Å². The van der Waals surface area contributed by atoms with Gasteiger partial charge in [0, 0.05) is 13.1 Å². The maximum absolute atomic E-state index is 12.8. The summed E-state index contributed by atoms with van der Waals surface area (Å²) in [6, 6.07) is -2.27. The molecule has 11 heteroatoms. The molecule has 2 fully saturated rings. The molecular weight excluding hydrogens is 405 g/mol. The number of imide groups is 1. The van der Waals surface area contributed by atoms with Gasteiger partial charge in [-0.1, -0.05) is 5.57 Å². The summed E-state index contributed by atoms with van der Waals surface area (Å²) >= 11 is 0. The summed E-state index contributed by atoms with van der Waals surface area (Å²) in [5.41, 5.74) is 5.66. The third kappa shape index (κ3) is 5.51. The van der Waals surface area contributed by atoms with Gasteiger partial charge in [0.2, 0.25) is 0 Å². The molecule has 30 heavy (non-hydrogen) atoms. The number of amides is 5. The van der Waals surface area contributed by atoms with E-state index in [2.05, 4.69) is 5.32 Å². The number of halogens is 3. The molecule has 0 radical (unpaired) electrons. The Morgan fingerprint density at radius 3 is 2.17 bits per heavy atom. The summed E-state index contributed by atoms with van der Waals surface area (Å²) in [6.07, 6.45) is -2.19. The Bertz CT molecular complexity index is 753. The SMILES string of the molecule is CC(C)=C(C(N)=O)C(=O)NC1CCC(C[C@H]2C(=O)N(C)C(=O)N2CC(F)(F)F)CC1. The van der Waals surface area contributed by atoms with Crippen LogP contribution in [0.25, 0.3) is 0 Å². The molecule has 8 nitrogen and oxygen atoms in total. The van der Waals surface area contributed by atoms with Gasteiger partial charge in [-0.2, -0.15) is 13.2 Å². The van der Waals surface area contributed by atoms with Crippen LogP contribution in [0, 0.1) is 5.92 Å². The summed E-state index contributed by atoms with van der Waals surface area (Å²) in [4.78, 5) is 49.4. The van der Waals surface area contributed by atoms with Crippen LogP contribution < -0.4 is 11.1 Å². The number of alkyl halides is 3. The molecule has 5 amide bonds. The lowest BCUT2D eigenvalue weighted by atomic mass is 9.82. The number of carbonyl (C=O) groups is 4. The summed E-state index contributed by atoms with van der Waals surface area (Å²) in [5.74, 6) is -2.03. The van der Waals surface area contributed by atoms with Crippen LogP contribution in [0.1, 0.15) is 46.0 Å². The molecule has 2 aliphatic rings. The van der Waals surface area contributed by atoms with E-state index in [4.69, 9.17) is 5.73 Å². The second-order valence-electron chi connectivity index (χ2n) is 8.10. The molecule has 0 aromatic rings. The van der Waals surface area contributed by atoms with Crippen molar-refractivity contribution in [2.75, 3.05) is 13.6 Å². The number of hydrogen-bond acceptors (Lipinski definition) is 4. The minimum Gasteiger partial charge on any atom is -0.365 e. The lowest BCUT2D eigenvalue weighted by Crippen LogP contribution is -2.44. The molecule has 0 unspecified atom stereocenters. The first kappa shape index (κ1) is 23.7. The third-order valence-corrected chi connectivity index (χ3v) is 5.59. The molecule has 0 bridgehead atoms. The van der Waals surface area contributed by atoms with Gasteiger partial charge in [0.05, 0.1) is 0 Å². The lowest BCUT2D eigenvalue weighted by molar-refractivity contribution is -0.145. The zero-order valence-electron chi connectivity index (χ0n) is 17.2. The predicted molar refractivity (Wildman–Crippen MR) is 101 cm³/mol. The van der Waals surface area contributed by atoms with Crippen molar-refractivity contribution in [3.8, 4) is 0 Å². The zero-order chi connectivity index (χ0) is 22.8. The van der Waals surface area contributed by atoms with Crippen molar-refractivity contribution in [3.63, 3.8) is 0 Å². The third-order valence-electron chi connectivity index (χ3n) is 5.59. The predicted octanol–water partition coefficient (Wildman–Crippen LogP) is 1.70. The van der Waals surface area contributed by atoms with E-state index in [1.807, 2.05) is 0 Å². The van der Waals surface area contributed by atoms with Gasteiger partial charge in [0.25, 0.3) is 17.7 Å². The molecule has 0 aromatic carbocycles. The monoisotopic (exact) mass is 432 g/mol. The fraction of sp³-hybridized carbons (Fsp3) is 0.684. The number of allylic oxidation sites excluding steroid dienone is 1. The van der Waals surface area contributed by atoms with Crippen LogP contribution in [0.4, 0.5) is 18.0 Å². The summed E-state index contributed by atoms with van der Waals surface area (Å²) in [5, 5.41) is 2.77. The first-order valence-corrected chi connectivity index (χ1v) is 9.74. The summed E-state index contributed by atoms with van der Waals surface area (Å²) < 4.78 is 38.5.